The lowest BCUT2D eigenvalue weighted by molar-refractivity contribution is -0.133. The van der Waals surface area contributed by atoms with Gasteiger partial charge >= 0.3 is 0 Å². The van der Waals surface area contributed by atoms with Gasteiger partial charge in [-0.15, -0.1) is 0 Å². The molecule has 0 unspecified atom stereocenters. The van der Waals surface area contributed by atoms with E-state index in [4.69, 9.17) is 0 Å². The van der Waals surface area contributed by atoms with Gasteiger partial charge in [-0.25, -0.2) is 0 Å². The number of piperidine rings is 1. The van der Waals surface area contributed by atoms with Crippen molar-refractivity contribution in [3.8, 4) is 0 Å². The van der Waals surface area contributed by atoms with Crippen molar-refractivity contribution in [2.24, 2.45) is 11.8 Å². The number of fused-ring (bicyclic) bond motifs is 7. The first-order valence-electron chi connectivity index (χ1n) is 6.73. The molecule has 0 aromatic heterocycles. The van der Waals surface area contributed by atoms with Crippen molar-refractivity contribution in [3.05, 3.63) is 35.4 Å². The van der Waals surface area contributed by atoms with E-state index in [0.29, 0.717) is 24.2 Å². The Bertz CT molecular complexity index is 657. The molecule has 20 heavy (non-hydrogen) atoms. The Hall–Kier alpha value is -1.56. The molecule has 4 rings (SSSR count). The summed E-state index contributed by atoms with van der Waals surface area (Å²) in [5.74, 6) is -2.32. The average Bonchev–Trinajstić information content (AvgIpc) is 2.66. The largest absolute Gasteiger partial charge is 0.381 e. The lowest BCUT2D eigenvalue weighted by atomic mass is 9.79. The minimum Gasteiger partial charge on any atom is -0.381 e. The number of Topliss-reactive ketones (excluding diaryl/α,β-unsaturated/α-hetero) is 2. The van der Waals surface area contributed by atoms with Crippen molar-refractivity contribution in [2.75, 3.05) is 20.1 Å². The van der Waals surface area contributed by atoms with Crippen LogP contribution < -0.4 is 0 Å². The molecule has 4 atom stereocenters. The smallest absolute Gasteiger partial charge is 0.198 e. The molecule has 104 valence electrons. The van der Waals surface area contributed by atoms with Crippen molar-refractivity contribution in [2.45, 2.75) is 11.2 Å². The standard InChI is InChI=1S/C15H15NO4/c1-16-6-10-12(17)11(7-16)15(20)13(18)8-4-2-3-5-9(8)14(10,15)19/h2-5,10-11,19-20H,6-7H2,1H3/t10-,11+,14+,15-/m0/s1. The molecule has 5 nitrogen and oxygen atoms in total. The number of hydrogen-bond donors (Lipinski definition) is 2. The highest BCUT2D eigenvalue weighted by molar-refractivity contribution is 6.14. The second-order valence-corrected chi connectivity index (χ2v) is 6.14. The molecule has 2 bridgehead atoms. The summed E-state index contributed by atoms with van der Waals surface area (Å²) in [7, 11) is 1.83. The van der Waals surface area contributed by atoms with E-state index < -0.39 is 28.8 Å². The third-order valence-electron chi connectivity index (χ3n) is 5.19. The number of carbonyl (C=O) groups is 2. The molecular weight excluding hydrogens is 258 g/mol. The zero-order valence-electron chi connectivity index (χ0n) is 11.0. The maximum absolute atomic E-state index is 12.6. The molecule has 2 fully saturated rings. The van der Waals surface area contributed by atoms with Crippen molar-refractivity contribution < 1.29 is 19.8 Å². The lowest BCUT2D eigenvalue weighted by Crippen LogP contribution is -2.54. The monoisotopic (exact) mass is 273 g/mol. The first-order chi connectivity index (χ1) is 9.42. The summed E-state index contributed by atoms with van der Waals surface area (Å²) < 4.78 is 0. The Morgan fingerprint density at radius 2 is 1.70 bits per heavy atom. The maximum atomic E-state index is 12.6. The van der Waals surface area contributed by atoms with Crippen LogP contribution in [0.3, 0.4) is 0 Å². The summed E-state index contributed by atoms with van der Waals surface area (Å²) in [6, 6.07) is 6.66. The molecule has 1 aromatic carbocycles. The first kappa shape index (κ1) is 12.2. The number of ketones is 2. The van der Waals surface area contributed by atoms with E-state index in [-0.39, 0.29) is 5.78 Å². The summed E-state index contributed by atoms with van der Waals surface area (Å²) in [6.07, 6.45) is 0. The fourth-order valence-electron chi connectivity index (χ4n) is 4.27. The van der Waals surface area contributed by atoms with Crippen molar-refractivity contribution in [1.29, 1.82) is 0 Å². The Morgan fingerprint density at radius 3 is 2.40 bits per heavy atom. The van der Waals surface area contributed by atoms with E-state index >= 15 is 0 Å². The number of benzene rings is 1. The van der Waals surface area contributed by atoms with Crippen LogP contribution in [0.2, 0.25) is 0 Å². The number of likely N-dealkylation sites (tertiary alicyclic amines) is 1. The first-order valence-corrected chi connectivity index (χ1v) is 6.73. The van der Waals surface area contributed by atoms with Gasteiger partial charge in [-0.05, 0) is 12.6 Å². The number of carbonyl (C=O) groups excluding carboxylic acids is 2. The quantitative estimate of drug-likeness (QED) is 0.670. The van der Waals surface area contributed by atoms with E-state index in [1.807, 2.05) is 11.9 Å². The molecule has 1 saturated heterocycles. The molecule has 1 aromatic rings. The van der Waals surface area contributed by atoms with Crippen molar-refractivity contribution >= 4 is 11.6 Å². The van der Waals surface area contributed by atoms with E-state index in [9.17, 15) is 19.8 Å². The van der Waals surface area contributed by atoms with Crippen LogP contribution in [0.4, 0.5) is 0 Å². The summed E-state index contributed by atoms with van der Waals surface area (Å²) in [5, 5.41) is 22.1. The van der Waals surface area contributed by atoms with Gasteiger partial charge in [0.25, 0.3) is 0 Å². The molecule has 2 N–H and O–H groups in total. The Morgan fingerprint density at radius 1 is 1.10 bits per heavy atom. The fourth-order valence-corrected chi connectivity index (χ4v) is 4.27. The fraction of sp³-hybridized carbons (Fsp3) is 0.467. The van der Waals surface area contributed by atoms with E-state index in [1.54, 1.807) is 24.3 Å². The summed E-state index contributed by atoms with van der Waals surface area (Å²) in [6.45, 7) is 0.656. The third kappa shape index (κ3) is 1.01. The molecular formula is C15H15NO4. The van der Waals surface area contributed by atoms with E-state index in [2.05, 4.69) is 0 Å². The minimum atomic E-state index is -2.01. The molecule has 0 amide bonds. The van der Waals surface area contributed by atoms with Gasteiger partial charge in [0.05, 0.1) is 11.8 Å². The van der Waals surface area contributed by atoms with Gasteiger partial charge in [0.2, 0.25) is 0 Å². The van der Waals surface area contributed by atoms with Crippen LogP contribution in [-0.4, -0.2) is 52.4 Å². The normalized spacial score (nSPS) is 42.8. The second-order valence-electron chi connectivity index (χ2n) is 6.14. The predicted molar refractivity (Wildman–Crippen MR) is 69.1 cm³/mol. The van der Waals surface area contributed by atoms with Gasteiger partial charge in [0.15, 0.2) is 11.4 Å². The van der Waals surface area contributed by atoms with Crippen LogP contribution >= 0.6 is 0 Å². The Kier molecular flexibility index (Phi) is 2.05. The SMILES string of the molecule is CN1C[C@@H]2C(=O)[C@H](C1)[C@]1(O)c3ccccc3C(=O)[C@@]21O. The molecule has 2 aliphatic carbocycles. The summed E-state index contributed by atoms with van der Waals surface area (Å²) in [4.78, 5) is 26.9. The molecule has 3 aliphatic rings. The van der Waals surface area contributed by atoms with Gasteiger partial charge in [-0.3, -0.25) is 9.59 Å². The van der Waals surface area contributed by atoms with Gasteiger partial charge in [0, 0.05) is 18.7 Å². The zero-order valence-corrected chi connectivity index (χ0v) is 11.0. The lowest BCUT2D eigenvalue weighted by Gasteiger charge is -2.33. The van der Waals surface area contributed by atoms with Gasteiger partial charge in [0.1, 0.15) is 11.4 Å². The van der Waals surface area contributed by atoms with Crippen molar-refractivity contribution in [3.63, 3.8) is 0 Å². The summed E-state index contributed by atoms with van der Waals surface area (Å²) >= 11 is 0. The van der Waals surface area contributed by atoms with Crippen LogP contribution in [0, 0.1) is 11.8 Å². The molecule has 0 radical (unpaired) electrons. The molecule has 0 spiro atoms. The highest BCUT2D eigenvalue weighted by Crippen LogP contribution is 2.59. The summed E-state index contributed by atoms with van der Waals surface area (Å²) in [5.41, 5.74) is -3.07. The predicted octanol–water partition coefficient (Wildman–Crippen LogP) is -0.438. The van der Waals surface area contributed by atoms with Gasteiger partial charge in [-0.2, -0.15) is 0 Å². The topological polar surface area (TPSA) is 77.8 Å². The third-order valence-corrected chi connectivity index (χ3v) is 5.19. The van der Waals surface area contributed by atoms with Gasteiger partial charge < -0.3 is 15.1 Å². The molecule has 1 saturated carbocycles. The minimum absolute atomic E-state index is 0.198. The van der Waals surface area contributed by atoms with E-state index in [0.717, 1.165) is 0 Å². The maximum Gasteiger partial charge on any atom is 0.198 e. The van der Waals surface area contributed by atoms with Crippen LogP contribution in [-0.2, 0) is 10.4 Å². The number of aliphatic hydroxyl groups is 2. The molecule has 5 heteroatoms. The molecule has 1 aliphatic heterocycles. The van der Waals surface area contributed by atoms with Gasteiger partial charge in [-0.1, -0.05) is 24.3 Å². The second kappa shape index (κ2) is 3.36. The van der Waals surface area contributed by atoms with E-state index in [1.165, 1.54) is 0 Å². The molecule has 1 heterocycles. The zero-order chi connectivity index (χ0) is 14.3. The Labute approximate surface area is 115 Å². The van der Waals surface area contributed by atoms with Crippen LogP contribution in [0.5, 0.6) is 0 Å². The number of hydrogen-bond acceptors (Lipinski definition) is 5. The van der Waals surface area contributed by atoms with Crippen LogP contribution in [0.1, 0.15) is 15.9 Å². The van der Waals surface area contributed by atoms with Crippen LogP contribution in [0.15, 0.2) is 24.3 Å². The van der Waals surface area contributed by atoms with Crippen molar-refractivity contribution in [1.82, 2.24) is 4.90 Å². The number of rotatable bonds is 0. The Balaban J connectivity index is 2.04. The highest BCUT2D eigenvalue weighted by Gasteiger charge is 2.77. The number of nitrogens with zero attached hydrogens (tertiary/aromatic N) is 1. The van der Waals surface area contributed by atoms with Crippen LogP contribution in [0.25, 0.3) is 0 Å². The average molecular weight is 273 g/mol. The highest BCUT2D eigenvalue weighted by atomic mass is 16.4.